The summed E-state index contributed by atoms with van der Waals surface area (Å²) in [6.07, 6.45) is 1.89. The first-order valence-electron chi connectivity index (χ1n) is 5.18. The molecule has 6 heteroatoms. The maximum absolute atomic E-state index is 5.21. The van der Waals surface area contributed by atoms with E-state index >= 15 is 0 Å². The van der Waals surface area contributed by atoms with E-state index in [0.717, 1.165) is 22.8 Å². The molecule has 2 aromatic rings. The van der Waals surface area contributed by atoms with Crippen molar-refractivity contribution in [1.82, 2.24) is 20.0 Å². The molecule has 0 saturated heterocycles. The Balaban J connectivity index is 2.20. The Morgan fingerprint density at radius 1 is 1.35 bits per heavy atom. The summed E-state index contributed by atoms with van der Waals surface area (Å²) in [6, 6.07) is 3.80. The Morgan fingerprint density at radius 3 is 2.82 bits per heavy atom. The molecule has 90 valence electrons. The predicted octanol–water partition coefficient (Wildman–Crippen LogP) is 1.93. The molecule has 0 fully saturated rings. The first-order valence-corrected chi connectivity index (χ1v) is 6.30. The van der Waals surface area contributed by atoms with Gasteiger partial charge in [-0.2, -0.15) is 0 Å². The Labute approximate surface area is 108 Å². The van der Waals surface area contributed by atoms with Crippen LogP contribution in [0.4, 0.5) is 0 Å². The fraction of sp³-hybridized carbons (Fsp3) is 0.364. The lowest BCUT2D eigenvalue weighted by Crippen LogP contribution is -2.04. The number of halogens is 1. The van der Waals surface area contributed by atoms with Crippen LogP contribution in [-0.4, -0.2) is 27.1 Å². The molecule has 2 heterocycles. The van der Waals surface area contributed by atoms with Crippen molar-refractivity contribution in [3.63, 3.8) is 0 Å². The highest BCUT2D eigenvalue weighted by Gasteiger charge is 2.04. The van der Waals surface area contributed by atoms with Gasteiger partial charge in [0, 0.05) is 29.4 Å². The minimum atomic E-state index is 0.595. The maximum atomic E-state index is 5.21. The highest BCUT2D eigenvalue weighted by molar-refractivity contribution is 9.08. The Morgan fingerprint density at radius 2 is 2.18 bits per heavy atom. The summed E-state index contributed by atoms with van der Waals surface area (Å²) in [7, 11) is 1.65. The van der Waals surface area contributed by atoms with Crippen molar-refractivity contribution in [2.75, 3.05) is 7.11 Å². The van der Waals surface area contributed by atoms with E-state index in [9.17, 15) is 0 Å². The summed E-state index contributed by atoms with van der Waals surface area (Å²) in [5, 5.41) is 8.73. The van der Waals surface area contributed by atoms with E-state index in [1.54, 1.807) is 11.8 Å². The minimum Gasteiger partial charge on any atom is -0.497 e. The summed E-state index contributed by atoms with van der Waals surface area (Å²) in [5.41, 5.74) is 2.75. The molecule has 0 spiro atoms. The first kappa shape index (κ1) is 12.0. The van der Waals surface area contributed by atoms with E-state index in [1.807, 2.05) is 25.3 Å². The van der Waals surface area contributed by atoms with Crippen LogP contribution in [-0.2, 0) is 11.9 Å². The van der Waals surface area contributed by atoms with Crippen LogP contribution in [0.1, 0.15) is 17.1 Å². The molecule has 0 N–H and O–H groups in total. The summed E-state index contributed by atoms with van der Waals surface area (Å²) in [6.45, 7) is 2.54. The van der Waals surface area contributed by atoms with Crippen LogP contribution in [0.2, 0.25) is 0 Å². The molecular formula is C11H13BrN4O. The van der Waals surface area contributed by atoms with Gasteiger partial charge in [0.05, 0.1) is 25.0 Å². The number of hydrogen-bond acceptors (Lipinski definition) is 4. The second-order valence-electron chi connectivity index (χ2n) is 3.68. The monoisotopic (exact) mass is 296 g/mol. The molecular weight excluding hydrogens is 284 g/mol. The third kappa shape index (κ3) is 3.03. The van der Waals surface area contributed by atoms with Crippen molar-refractivity contribution in [2.24, 2.45) is 0 Å². The Hall–Kier alpha value is -1.43. The number of hydrogen-bond donors (Lipinski definition) is 0. The van der Waals surface area contributed by atoms with Crippen LogP contribution in [0, 0.1) is 6.92 Å². The van der Waals surface area contributed by atoms with E-state index in [0.29, 0.717) is 11.9 Å². The zero-order valence-corrected chi connectivity index (χ0v) is 11.3. The van der Waals surface area contributed by atoms with Gasteiger partial charge in [-0.1, -0.05) is 21.1 Å². The van der Waals surface area contributed by atoms with Crippen LogP contribution in [0.15, 0.2) is 18.3 Å². The van der Waals surface area contributed by atoms with Gasteiger partial charge in [0.1, 0.15) is 5.75 Å². The van der Waals surface area contributed by atoms with E-state index in [1.165, 1.54) is 0 Å². The standard InChI is InChI=1S/C11H13BrN4O/c1-8-3-11(17-2)4-9(13-8)6-16-7-10(5-12)14-15-16/h3-4,7H,5-6H2,1-2H3. The Bertz CT molecular complexity index is 512. The average Bonchev–Trinajstić information content (AvgIpc) is 2.76. The number of ether oxygens (including phenoxy) is 1. The van der Waals surface area contributed by atoms with Gasteiger partial charge in [0.15, 0.2) is 0 Å². The van der Waals surface area contributed by atoms with Crippen LogP contribution in [0.25, 0.3) is 0 Å². The molecule has 17 heavy (non-hydrogen) atoms. The van der Waals surface area contributed by atoms with Crippen molar-refractivity contribution >= 4 is 15.9 Å². The lowest BCUT2D eigenvalue weighted by atomic mass is 10.3. The smallest absolute Gasteiger partial charge is 0.122 e. The van der Waals surface area contributed by atoms with Gasteiger partial charge in [-0.05, 0) is 6.92 Å². The molecule has 0 aromatic carbocycles. The summed E-state index contributed by atoms with van der Waals surface area (Å²) >= 11 is 3.34. The molecule has 0 saturated carbocycles. The van der Waals surface area contributed by atoms with Gasteiger partial charge < -0.3 is 4.74 Å². The lowest BCUT2D eigenvalue weighted by Gasteiger charge is -2.05. The fourth-order valence-electron chi connectivity index (χ4n) is 1.54. The minimum absolute atomic E-state index is 0.595. The largest absolute Gasteiger partial charge is 0.497 e. The quantitative estimate of drug-likeness (QED) is 0.809. The molecule has 0 radical (unpaired) electrons. The number of aromatic nitrogens is 4. The van der Waals surface area contributed by atoms with Crippen molar-refractivity contribution in [1.29, 1.82) is 0 Å². The van der Waals surface area contributed by atoms with Crippen LogP contribution in [0.5, 0.6) is 5.75 Å². The number of rotatable bonds is 4. The zero-order valence-electron chi connectivity index (χ0n) is 9.72. The number of aryl methyl sites for hydroxylation is 1. The lowest BCUT2D eigenvalue weighted by molar-refractivity contribution is 0.412. The molecule has 0 bridgehead atoms. The number of nitrogens with zero attached hydrogens (tertiary/aromatic N) is 4. The first-order chi connectivity index (χ1) is 8.21. The molecule has 2 aromatic heterocycles. The molecule has 0 aliphatic carbocycles. The second-order valence-corrected chi connectivity index (χ2v) is 4.24. The van der Waals surface area contributed by atoms with Crippen LogP contribution >= 0.6 is 15.9 Å². The van der Waals surface area contributed by atoms with E-state index in [4.69, 9.17) is 4.74 Å². The SMILES string of the molecule is COc1cc(C)nc(Cn2cc(CBr)nn2)c1. The van der Waals surface area contributed by atoms with Crippen molar-refractivity contribution < 1.29 is 4.74 Å². The Kier molecular flexibility index (Phi) is 3.73. The molecule has 0 atom stereocenters. The molecule has 2 rings (SSSR count). The average molecular weight is 297 g/mol. The van der Waals surface area contributed by atoms with Gasteiger partial charge in [-0.25, -0.2) is 4.68 Å². The topological polar surface area (TPSA) is 52.8 Å². The molecule has 0 aliphatic heterocycles. The highest BCUT2D eigenvalue weighted by Crippen LogP contribution is 2.14. The van der Waals surface area contributed by atoms with E-state index < -0.39 is 0 Å². The zero-order chi connectivity index (χ0) is 12.3. The second kappa shape index (κ2) is 5.27. The highest BCUT2D eigenvalue weighted by atomic mass is 79.9. The van der Waals surface area contributed by atoms with Crippen molar-refractivity contribution in [2.45, 2.75) is 18.8 Å². The molecule has 0 amide bonds. The predicted molar refractivity (Wildman–Crippen MR) is 67.3 cm³/mol. The van der Waals surface area contributed by atoms with Gasteiger partial charge in [0.2, 0.25) is 0 Å². The summed E-state index contributed by atoms with van der Waals surface area (Å²) in [5.74, 6) is 0.813. The molecule has 5 nitrogen and oxygen atoms in total. The summed E-state index contributed by atoms with van der Waals surface area (Å²) in [4.78, 5) is 4.43. The number of methoxy groups -OCH3 is 1. The third-order valence-electron chi connectivity index (χ3n) is 2.26. The normalized spacial score (nSPS) is 10.5. The van der Waals surface area contributed by atoms with Crippen LogP contribution in [0.3, 0.4) is 0 Å². The van der Waals surface area contributed by atoms with Crippen molar-refractivity contribution in [3.05, 3.63) is 35.4 Å². The fourth-order valence-corrected chi connectivity index (χ4v) is 1.80. The maximum Gasteiger partial charge on any atom is 0.122 e. The van der Waals surface area contributed by atoms with Gasteiger partial charge in [-0.15, -0.1) is 5.10 Å². The van der Waals surface area contributed by atoms with Crippen molar-refractivity contribution in [3.8, 4) is 5.75 Å². The molecule has 0 unspecified atom stereocenters. The van der Waals surface area contributed by atoms with Crippen LogP contribution < -0.4 is 4.74 Å². The van der Waals surface area contributed by atoms with E-state index in [-0.39, 0.29) is 0 Å². The summed E-state index contributed by atoms with van der Waals surface area (Å²) < 4.78 is 6.97. The van der Waals surface area contributed by atoms with E-state index in [2.05, 4.69) is 31.2 Å². The third-order valence-corrected chi connectivity index (χ3v) is 2.84. The number of alkyl halides is 1. The van der Waals surface area contributed by atoms with Gasteiger partial charge >= 0.3 is 0 Å². The van der Waals surface area contributed by atoms with Gasteiger partial charge in [0.25, 0.3) is 0 Å². The number of pyridine rings is 1. The molecule has 0 aliphatic rings. The van der Waals surface area contributed by atoms with Gasteiger partial charge in [-0.3, -0.25) is 4.98 Å².